The van der Waals surface area contributed by atoms with Crippen LogP contribution in [0, 0.1) is 0 Å². The van der Waals surface area contributed by atoms with Crippen molar-refractivity contribution in [3.63, 3.8) is 0 Å². The minimum Gasteiger partial charge on any atom is -0.368 e. The number of H-pyrrole nitrogens is 1. The molecule has 0 unspecified atom stereocenters. The zero-order valence-corrected chi connectivity index (χ0v) is 9.56. The van der Waals surface area contributed by atoms with Gasteiger partial charge in [0, 0.05) is 17.4 Å². The van der Waals surface area contributed by atoms with Crippen LogP contribution in [0.15, 0.2) is 17.2 Å². The van der Waals surface area contributed by atoms with Crippen LogP contribution in [-0.2, 0) is 0 Å². The summed E-state index contributed by atoms with van der Waals surface area (Å²) in [6, 6.07) is 1.49. The second-order valence-electron chi connectivity index (χ2n) is 3.89. The molecule has 0 bridgehead atoms. The fourth-order valence-electron chi connectivity index (χ4n) is 1.74. The van der Waals surface area contributed by atoms with Gasteiger partial charge in [-0.1, -0.05) is 6.42 Å². The molecule has 82 valence electrons. The van der Waals surface area contributed by atoms with Crippen molar-refractivity contribution < 1.29 is 0 Å². The molecule has 1 saturated carbocycles. The van der Waals surface area contributed by atoms with Crippen LogP contribution in [0.1, 0.15) is 19.3 Å². The van der Waals surface area contributed by atoms with Gasteiger partial charge in [0.15, 0.2) is 0 Å². The number of nitrogens with one attached hydrogen (secondary N) is 2. The first-order chi connectivity index (χ1) is 7.24. The van der Waals surface area contributed by atoms with Crippen LogP contribution in [0.3, 0.4) is 0 Å². The molecule has 1 aromatic rings. The molecule has 2 rings (SSSR count). The van der Waals surface area contributed by atoms with Crippen LogP contribution in [0.25, 0.3) is 0 Å². The van der Waals surface area contributed by atoms with E-state index >= 15 is 0 Å². The first-order valence-corrected chi connectivity index (χ1v) is 6.30. The van der Waals surface area contributed by atoms with Crippen LogP contribution >= 0.6 is 11.8 Å². The smallest absolute Gasteiger partial charge is 0.252 e. The maximum atomic E-state index is 11.0. The van der Waals surface area contributed by atoms with Crippen molar-refractivity contribution in [3.05, 3.63) is 22.7 Å². The molecule has 1 aromatic heterocycles. The summed E-state index contributed by atoms with van der Waals surface area (Å²) in [7, 11) is 0. The summed E-state index contributed by atoms with van der Waals surface area (Å²) < 4.78 is 0.365. The Bertz CT molecular complexity index is 381. The predicted octanol–water partition coefficient (Wildman–Crippen LogP) is 1.47. The Morgan fingerprint density at radius 2 is 2.47 bits per heavy atom. The summed E-state index contributed by atoms with van der Waals surface area (Å²) in [5.41, 5.74) is -0.112. The van der Waals surface area contributed by atoms with E-state index in [1.165, 1.54) is 31.7 Å². The number of nitrogens with zero attached hydrogens (tertiary/aromatic N) is 1. The van der Waals surface area contributed by atoms with Gasteiger partial charge in [-0.25, -0.2) is 4.98 Å². The Balaban J connectivity index is 1.95. The Labute approximate surface area is 92.9 Å². The first kappa shape index (κ1) is 10.5. The molecule has 0 atom stereocenters. The lowest BCUT2D eigenvalue weighted by atomic mass is 9.84. The van der Waals surface area contributed by atoms with Gasteiger partial charge in [-0.15, -0.1) is 0 Å². The second kappa shape index (κ2) is 4.26. The average molecular weight is 225 g/mol. The molecule has 0 saturated heterocycles. The van der Waals surface area contributed by atoms with Gasteiger partial charge < -0.3 is 10.3 Å². The molecular formula is C10H15N3OS. The first-order valence-electron chi connectivity index (χ1n) is 5.08. The molecule has 0 aromatic carbocycles. The van der Waals surface area contributed by atoms with E-state index in [9.17, 15) is 4.79 Å². The summed E-state index contributed by atoms with van der Waals surface area (Å²) in [6.45, 7) is 0.893. The molecular weight excluding hydrogens is 210 g/mol. The van der Waals surface area contributed by atoms with Crippen LogP contribution in [-0.4, -0.2) is 27.5 Å². The summed E-state index contributed by atoms with van der Waals surface area (Å²) >= 11 is 1.91. The lowest BCUT2D eigenvalue weighted by Crippen LogP contribution is -2.40. The van der Waals surface area contributed by atoms with Gasteiger partial charge in [-0.2, -0.15) is 11.8 Å². The highest BCUT2D eigenvalue weighted by atomic mass is 32.2. The lowest BCUT2D eigenvalue weighted by molar-refractivity contribution is 0.379. The number of aromatic amines is 1. The van der Waals surface area contributed by atoms with Crippen LogP contribution in [0.4, 0.5) is 5.82 Å². The van der Waals surface area contributed by atoms with E-state index in [-0.39, 0.29) is 5.56 Å². The van der Waals surface area contributed by atoms with Crippen molar-refractivity contribution in [3.8, 4) is 0 Å². The third kappa shape index (κ3) is 2.34. The minimum atomic E-state index is -0.112. The predicted molar refractivity (Wildman–Crippen MR) is 63.4 cm³/mol. The van der Waals surface area contributed by atoms with Gasteiger partial charge in [-0.3, -0.25) is 4.79 Å². The van der Waals surface area contributed by atoms with Gasteiger partial charge in [-0.05, 0) is 19.1 Å². The van der Waals surface area contributed by atoms with Gasteiger partial charge >= 0.3 is 0 Å². The van der Waals surface area contributed by atoms with Crippen LogP contribution < -0.4 is 10.9 Å². The molecule has 1 heterocycles. The molecule has 0 amide bonds. The highest BCUT2D eigenvalue weighted by Gasteiger charge is 2.35. The Morgan fingerprint density at radius 1 is 1.67 bits per heavy atom. The van der Waals surface area contributed by atoms with E-state index in [1.807, 2.05) is 11.8 Å². The lowest BCUT2D eigenvalue weighted by Gasteiger charge is -2.40. The second-order valence-corrected chi connectivity index (χ2v) is 5.16. The highest BCUT2D eigenvalue weighted by Crippen LogP contribution is 2.42. The Hall–Kier alpha value is -0.970. The molecule has 1 aliphatic carbocycles. The number of aromatic nitrogens is 2. The topological polar surface area (TPSA) is 57.8 Å². The molecule has 0 spiro atoms. The molecule has 4 nitrogen and oxygen atoms in total. The zero-order valence-electron chi connectivity index (χ0n) is 8.75. The minimum absolute atomic E-state index is 0.112. The number of anilines is 1. The van der Waals surface area contributed by atoms with Crippen molar-refractivity contribution in [2.24, 2.45) is 0 Å². The van der Waals surface area contributed by atoms with Crippen LogP contribution in [0.5, 0.6) is 0 Å². The monoisotopic (exact) mass is 225 g/mol. The maximum absolute atomic E-state index is 11.0. The highest BCUT2D eigenvalue weighted by molar-refractivity contribution is 8.00. The normalized spacial score (nSPS) is 18.2. The molecule has 2 N–H and O–H groups in total. The SMILES string of the molecule is CSC1(CNc2cc(=O)[nH]cn2)CCC1. The van der Waals surface area contributed by atoms with Crippen molar-refractivity contribution in [2.75, 3.05) is 18.1 Å². The van der Waals surface area contributed by atoms with E-state index in [4.69, 9.17) is 0 Å². The van der Waals surface area contributed by atoms with Gasteiger partial charge in [0.05, 0.1) is 6.33 Å². The van der Waals surface area contributed by atoms with Gasteiger partial charge in [0.2, 0.25) is 0 Å². The number of hydrogen-bond acceptors (Lipinski definition) is 4. The summed E-state index contributed by atoms with van der Waals surface area (Å²) in [5.74, 6) is 0.666. The van der Waals surface area contributed by atoms with Gasteiger partial charge in [0.1, 0.15) is 5.82 Å². The zero-order chi connectivity index (χ0) is 10.7. The fraction of sp³-hybridized carbons (Fsp3) is 0.600. The quantitative estimate of drug-likeness (QED) is 0.814. The van der Waals surface area contributed by atoms with Crippen molar-refractivity contribution in [1.29, 1.82) is 0 Å². The fourth-order valence-corrected chi connectivity index (χ4v) is 2.65. The van der Waals surface area contributed by atoms with E-state index in [2.05, 4.69) is 21.5 Å². The van der Waals surface area contributed by atoms with Crippen molar-refractivity contribution in [2.45, 2.75) is 24.0 Å². The summed E-state index contributed by atoms with van der Waals surface area (Å²) in [4.78, 5) is 17.6. The van der Waals surface area contributed by atoms with E-state index in [0.29, 0.717) is 10.6 Å². The van der Waals surface area contributed by atoms with E-state index in [0.717, 1.165) is 6.54 Å². The van der Waals surface area contributed by atoms with Crippen molar-refractivity contribution >= 4 is 17.6 Å². The standard InChI is InChI=1S/C10H15N3OS/c1-15-10(3-2-4-10)6-11-8-5-9(14)13-7-12-8/h5,7H,2-4,6H2,1H3,(H2,11,12,13,14). The third-order valence-corrected chi connectivity index (χ3v) is 4.39. The molecule has 15 heavy (non-hydrogen) atoms. The van der Waals surface area contributed by atoms with E-state index < -0.39 is 0 Å². The molecule has 5 heteroatoms. The molecule has 0 aliphatic heterocycles. The van der Waals surface area contributed by atoms with Crippen LogP contribution in [0.2, 0.25) is 0 Å². The number of rotatable bonds is 4. The Kier molecular flexibility index (Phi) is 3.00. The molecule has 0 radical (unpaired) electrons. The summed E-state index contributed by atoms with van der Waals surface area (Å²) in [6.07, 6.45) is 7.39. The summed E-state index contributed by atoms with van der Waals surface area (Å²) in [5, 5.41) is 3.23. The largest absolute Gasteiger partial charge is 0.368 e. The third-order valence-electron chi connectivity index (χ3n) is 2.97. The Morgan fingerprint density at radius 3 is 3.00 bits per heavy atom. The number of thioether (sulfide) groups is 1. The van der Waals surface area contributed by atoms with Gasteiger partial charge in [0.25, 0.3) is 5.56 Å². The van der Waals surface area contributed by atoms with Crippen molar-refractivity contribution in [1.82, 2.24) is 9.97 Å². The number of hydrogen-bond donors (Lipinski definition) is 2. The molecule has 1 fully saturated rings. The molecule has 1 aliphatic rings. The maximum Gasteiger partial charge on any atom is 0.252 e. The average Bonchev–Trinajstić information content (AvgIpc) is 2.17. The van der Waals surface area contributed by atoms with E-state index in [1.54, 1.807) is 0 Å².